The molecule has 6 heteroatoms. The fourth-order valence-electron chi connectivity index (χ4n) is 3.34. The monoisotopic (exact) mass is 398 g/mol. The van der Waals surface area contributed by atoms with Crippen molar-refractivity contribution in [2.45, 2.75) is 0 Å². The lowest BCUT2D eigenvalue weighted by atomic mass is 10.0. The van der Waals surface area contributed by atoms with Gasteiger partial charge in [-0.15, -0.1) is 5.10 Å². The Morgan fingerprint density at radius 2 is 1.79 bits per heavy atom. The lowest BCUT2D eigenvalue weighted by Gasteiger charge is -2.01. The molecule has 1 aliphatic heterocycles. The van der Waals surface area contributed by atoms with Crippen molar-refractivity contribution in [2.75, 3.05) is 5.32 Å². The quantitative estimate of drug-likeness (QED) is 0.489. The minimum absolute atomic E-state index is 0.0836. The molecular formula is C23H15ClN4O. The fraction of sp³-hybridized carbons (Fsp3) is 0. The number of rotatable bonds is 3. The van der Waals surface area contributed by atoms with Crippen LogP contribution in [0.1, 0.15) is 11.1 Å². The third-order valence-corrected chi connectivity index (χ3v) is 5.03. The topological polar surface area (TPSA) is 59.8 Å². The number of para-hydroxylation sites is 1. The van der Waals surface area contributed by atoms with Gasteiger partial charge in [-0.1, -0.05) is 65.3 Å². The van der Waals surface area contributed by atoms with Gasteiger partial charge in [0, 0.05) is 27.4 Å². The largest absolute Gasteiger partial charge is 0.321 e. The molecule has 5 rings (SSSR count). The molecule has 0 aliphatic carbocycles. The smallest absolute Gasteiger partial charge is 0.256 e. The molecule has 0 radical (unpaired) electrons. The lowest BCUT2D eigenvalue weighted by Crippen LogP contribution is -2.03. The first-order chi connectivity index (χ1) is 14.2. The Balaban J connectivity index is 1.42. The number of amides is 1. The number of carbonyl (C=O) groups is 1. The third kappa shape index (κ3) is 3.32. The molecule has 1 aliphatic rings. The molecule has 0 saturated heterocycles. The van der Waals surface area contributed by atoms with Gasteiger partial charge in [-0.05, 0) is 35.9 Å². The van der Waals surface area contributed by atoms with E-state index in [2.05, 4.69) is 15.6 Å². The van der Waals surface area contributed by atoms with E-state index in [1.165, 1.54) is 0 Å². The van der Waals surface area contributed by atoms with Gasteiger partial charge in [0.05, 0.1) is 11.9 Å². The Morgan fingerprint density at radius 1 is 0.966 bits per heavy atom. The van der Waals surface area contributed by atoms with Crippen LogP contribution in [0.15, 0.2) is 79.0 Å². The maximum atomic E-state index is 12.3. The van der Waals surface area contributed by atoms with E-state index in [4.69, 9.17) is 11.6 Å². The van der Waals surface area contributed by atoms with Crippen LogP contribution in [0.25, 0.3) is 28.6 Å². The summed E-state index contributed by atoms with van der Waals surface area (Å²) in [6.07, 6.45) is 3.76. The number of nitrogens with one attached hydrogen (secondary N) is 1. The molecule has 0 spiro atoms. The highest BCUT2D eigenvalue weighted by molar-refractivity contribution is 6.34. The number of anilines is 1. The van der Waals surface area contributed by atoms with Gasteiger partial charge in [-0.2, -0.15) is 0 Å². The molecule has 0 atom stereocenters. The number of nitrogens with zero attached hydrogens (tertiary/aromatic N) is 3. The van der Waals surface area contributed by atoms with Crippen LogP contribution in [-0.4, -0.2) is 20.9 Å². The molecule has 0 fully saturated rings. The van der Waals surface area contributed by atoms with Gasteiger partial charge >= 0.3 is 0 Å². The highest BCUT2D eigenvalue weighted by Gasteiger charge is 2.23. The van der Waals surface area contributed by atoms with E-state index in [9.17, 15) is 4.79 Å². The van der Waals surface area contributed by atoms with Gasteiger partial charge in [0.1, 0.15) is 5.69 Å². The van der Waals surface area contributed by atoms with Gasteiger partial charge in [-0.3, -0.25) is 4.79 Å². The summed E-state index contributed by atoms with van der Waals surface area (Å²) in [4.78, 5) is 12.3. The van der Waals surface area contributed by atoms with Crippen LogP contribution in [0.5, 0.6) is 0 Å². The van der Waals surface area contributed by atoms with E-state index in [1.54, 1.807) is 4.68 Å². The molecule has 0 unspecified atom stereocenters. The summed E-state index contributed by atoms with van der Waals surface area (Å²) >= 11 is 6.05. The molecule has 5 nitrogen and oxygen atoms in total. The molecule has 1 N–H and O–H groups in total. The van der Waals surface area contributed by atoms with E-state index in [-0.39, 0.29) is 5.91 Å². The van der Waals surface area contributed by atoms with Crippen molar-refractivity contribution in [3.05, 3.63) is 95.1 Å². The predicted molar refractivity (Wildman–Crippen MR) is 115 cm³/mol. The van der Waals surface area contributed by atoms with E-state index in [0.29, 0.717) is 10.6 Å². The molecule has 4 aromatic rings. The molecule has 3 aromatic carbocycles. The summed E-state index contributed by atoms with van der Waals surface area (Å²) in [5, 5.41) is 12.0. The van der Waals surface area contributed by atoms with E-state index in [0.717, 1.165) is 33.8 Å². The molecule has 29 heavy (non-hydrogen) atoms. The Morgan fingerprint density at radius 3 is 2.62 bits per heavy atom. The molecule has 0 saturated carbocycles. The van der Waals surface area contributed by atoms with Crippen LogP contribution >= 0.6 is 11.6 Å². The molecule has 2 heterocycles. The van der Waals surface area contributed by atoms with Crippen LogP contribution in [-0.2, 0) is 4.79 Å². The Hall–Kier alpha value is -3.70. The van der Waals surface area contributed by atoms with Crippen LogP contribution in [0.2, 0.25) is 5.02 Å². The fourth-order valence-corrected chi connectivity index (χ4v) is 3.52. The Kier molecular flexibility index (Phi) is 4.22. The van der Waals surface area contributed by atoms with Gasteiger partial charge in [0.25, 0.3) is 5.91 Å². The normalized spacial score (nSPS) is 14.1. The van der Waals surface area contributed by atoms with Crippen molar-refractivity contribution in [3.8, 4) is 16.9 Å². The minimum Gasteiger partial charge on any atom is -0.321 e. The van der Waals surface area contributed by atoms with Crippen LogP contribution in [0.4, 0.5) is 5.69 Å². The van der Waals surface area contributed by atoms with Crippen LogP contribution in [0, 0.1) is 0 Å². The molecule has 140 valence electrons. The highest BCUT2D eigenvalue weighted by Crippen LogP contribution is 2.32. The SMILES string of the molecule is O=C1Nc2ccccc2C1=Cc1ccc(-c2cn(-c3cccc(Cl)c3)nn2)cc1. The molecular weight excluding hydrogens is 384 g/mol. The maximum absolute atomic E-state index is 12.3. The van der Waals surface area contributed by atoms with Gasteiger partial charge < -0.3 is 5.32 Å². The first kappa shape index (κ1) is 17.4. The van der Waals surface area contributed by atoms with Gasteiger partial charge in [0.2, 0.25) is 0 Å². The van der Waals surface area contributed by atoms with E-state index < -0.39 is 0 Å². The highest BCUT2D eigenvalue weighted by atomic mass is 35.5. The number of hydrogen-bond acceptors (Lipinski definition) is 3. The molecule has 1 amide bonds. The second-order valence-electron chi connectivity index (χ2n) is 6.71. The zero-order valence-corrected chi connectivity index (χ0v) is 16.0. The molecule has 1 aromatic heterocycles. The predicted octanol–water partition coefficient (Wildman–Crippen LogP) is 5.08. The summed E-state index contributed by atoms with van der Waals surface area (Å²) < 4.78 is 1.69. The van der Waals surface area contributed by atoms with Gasteiger partial charge in [-0.25, -0.2) is 4.68 Å². The number of benzene rings is 3. The average Bonchev–Trinajstić information content (AvgIpc) is 3.34. The number of aromatic nitrogens is 3. The van der Waals surface area contributed by atoms with E-state index >= 15 is 0 Å². The summed E-state index contributed by atoms with van der Waals surface area (Å²) in [6.45, 7) is 0. The third-order valence-electron chi connectivity index (χ3n) is 4.79. The first-order valence-corrected chi connectivity index (χ1v) is 9.46. The van der Waals surface area contributed by atoms with E-state index in [1.807, 2.05) is 85.1 Å². The van der Waals surface area contributed by atoms with Crippen molar-refractivity contribution in [2.24, 2.45) is 0 Å². The second-order valence-corrected chi connectivity index (χ2v) is 7.14. The standard InChI is InChI=1S/C23H15ClN4O/c24-17-4-3-5-18(13-17)28-14-22(26-27-28)16-10-8-15(9-11-16)12-20-19-6-1-2-7-21(19)25-23(20)29/h1-14H,(H,25,29). The first-order valence-electron chi connectivity index (χ1n) is 9.08. The summed E-state index contributed by atoms with van der Waals surface area (Å²) in [5.74, 6) is -0.0836. The molecule has 0 bridgehead atoms. The number of fused-ring (bicyclic) bond motifs is 1. The van der Waals surface area contributed by atoms with Crippen molar-refractivity contribution < 1.29 is 4.79 Å². The van der Waals surface area contributed by atoms with Crippen LogP contribution in [0.3, 0.4) is 0 Å². The van der Waals surface area contributed by atoms with Crippen molar-refractivity contribution in [1.82, 2.24) is 15.0 Å². The average molecular weight is 399 g/mol. The number of carbonyl (C=O) groups excluding carboxylic acids is 1. The summed E-state index contributed by atoms with van der Waals surface area (Å²) in [7, 11) is 0. The Bertz CT molecular complexity index is 1260. The van der Waals surface area contributed by atoms with Crippen molar-refractivity contribution >= 4 is 34.8 Å². The zero-order valence-electron chi connectivity index (χ0n) is 15.2. The summed E-state index contributed by atoms with van der Waals surface area (Å²) in [6, 6.07) is 23.0. The van der Waals surface area contributed by atoms with Crippen molar-refractivity contribution in [3.63, 3.8) is 0 Å². The summed E-state index contributed by atoms with van der Waals surface area (Å²) in [5.41, 5.74) is 5.93. The minimum atomic E-state index is -0.0836. The number of hydrogen-bond donors (Lipinski definition) is 1. The van der Waals surface area contributed by atoms with Crippen LogP contribution < -0.4 is 5.32 Å². The number of halogens is 1. The lowest BCUT2D eigenvalue weighted by molar-refractivity contribution is -0.110. The van der Waals surface area contributed by atoms with Gasteiger partial charge in [0.15, 0.2) is 0 Å². The zero-order chi connectivity index (χ0) is 19.8. The van der Waals surface area contributed by atoms with Crippen molar-refractivity contribution in [1.29, 1.82) is 0 Å². The maximum Gasteiger partial charge on any atom is 0.256 e. The second kappa shape index (κ2) is 7.04. The Labute approximate surface area is 172 Å².